The van der Waals surface area contributed by atoms with Crippen LogP contribution in [0.15, 0.2) is 39.6 Å². The topological polar surface area (TPSA) is 38.7 Å². The predicted molar refractivity (Wildman–Crippen MR) is 105 cm³/mol. The van der Waals surface area contributed by atoms with Crippen LogP contribution in [-0.4, -0.2) is 24.7 Å². The molecule has 0 amide bonds. The van der Waals surface area contributed by atoms with Crippen molar-refractivity contribution in [3.05, 3.63) is 34.6 Å². The average Bonchev–Trinajstić information content (AvgIpc) is 2.60. The number of dihydropyridines is 1. The third kappa shape index (κ3) is 4.58. The number of ether oxygens (including phenoxy) is 1. The third-order valence-electron chi connectivity index (χ3n) is 5.64. The number of aliphatic imine (C=N–C) groups is 1. The van der Waals surface area contributed by atoms with Crippen LogP contribution in [0.5, 0.6) is 0 Å². The van der Waals surface area contributed by atoms with E-state index in [4.69, 9.17) is 9.73 Å². The first-order chi connectivity index (χ1) is 11.9. The molecule has 25 heavy (non-hydrogen) atoms. The molecule has 1 aliphatic carbocycles. The lowest BCUT2D eigenvalue weighted by Gasteiger charge is -2.28. The van der Waals surface area contributed by atoms with Crippen LogP contribution in [0.3, 0.4) is 0 Å². The molecule has 0 radical (unpaired) electrons. The number of allylic oxidation sites excluding steroid dienone is 5. The molecule has 0 saturated carbocycles. The van der Waals surface area contributed by atoms with E-state index < -0.39 is 0 Å². The maximum absolute atomic E-state index is 13.0. The molecule has 3 heteroatoms. The summed E-state index contributed by atoms with van der Waals surface area (Å²) in [5.41, 5.74) is 5.63. The lowest BCUT2D eigenvalue weighted by Crippen LogP contribution is -2.23. The van der Waals surface area contributed by atoms with Gasteiger partial charge in [0.25, 0.3) is 0 Å². The maximum atomic E-state index is 13.0. The Kier molecular flexibility index (Phi) is 6.95. The Hall–Kier alpha value is -1.48. The van der Waals surface area contributed by atoms with E-state index in [2.05, 4.69) is 46.8 Å². The van der Waals surface area contributed by atoms with Crippen molar-refractivity contribution < 1.29 is 9.53 Å². The minimum atomic E-state index is 0.0487. The minimum absolute atomic E-state index is 0.0487. The van der Waals surface area contributed by atoms with E-state index in [1.807, 2.05) is 0 Å². The largest absolute Gasteiger partial charge is 0.381 e. The number of Topliss-reactive ketones (excluding diaryl/α,β-unsaturated/α-hetero) is 1. The molecule has 0 aromatic rings. The fourth-order valence-electron chi connectivity index (χ4n) is 3.81. The zero-order valence-corrected chi connectivity index (χ0v) is 16.7. The summed E-state index contributed by atoms with van der Waals surface area (Å²) in [6.07, 6.45) is 9.31. The summed E-state index contributed by atoms with van der Waals surface area (Å²) in [5.74, 6) is 0.611. The third-order valence-corrected chi connectivity index (χ3v) is 5.64. The molecule has 0 aromatic heterocycles. The van der Waals surface area contributed by atoms with Crippen molar-refractivity contribution in [1.29, 1.82) is 0 Å². The average molecular weight is 344 g/mol. The van der Waals surface area contributed by atoms with Crippen LogP contribution in [0.2, 0.25) is 0 Å². The quantitative estimate of drug-likeness (QED) is 0.589. The van der Waals surface area contributed by atoms with Gasteiger partial charge in [-0.05, 0) is 68.7 Å². The van der Waals surface area contributed by atoms with E-state index in [-0.39, 0.29) is 17.9 Å². The summed E-state index contributed by atoms with van der Waals surface area (Å²) < 4.78 is 5.45. The van der Waals surface area contributed by atoms with E-state index in [1.54, 1.807) is 7.11 Å². The molecule has 1 heterocycles. The minimum Gasteiger partial charge on any atom is -0.381 e. The Labute approximate surface area is 152 Å². The molecule has 2 rings (SSSR count). The van der Waals surface area contributed by atoms with Gasteiger partial charge in [-0.25, -0.2) is 0 Å². The van der Waals surface area contributed by atoms with E-state index in [0.717, 1.165) is 54.7 Å². The second-order valence-corrected chi connectivity index (χ2v) is 7.39. The number of rotatable bonds is 8. The summed E-state index contributed by atoms with van der Waals surface area (Å²) in [5, 5.41) is 0. The van der Waals surface area contributed by atoms with Crippen LogP contribution in [0.4, 0.5) is 0 Å². The molecule has 138 valence electrons. The second kappa shape index (κ2) is 8.75. The molecular weight excluding hydrogens is 310 g/mol. The van der Waals surface area contributed by atoms with Crippen molar-refractivity contribution in [3.63, 3.8) is 0 Å². The monoisotopic (exact) mass is 343 g/mol. The van der Waals surface area contributed by atoms with Gasteiger partial charge in [0, 0.05) is 30.4 Å². The Morgan fingerprint density at radius 1 is 1.32 bits per heavy atom. The predicted octanol–water partition coefficient (Wildman–Crippen LogP) is 5.43. The normalized spacial score (nSPS) is 22.6. The molecule has 2 aliphatic rings. The molecule has 0 spiro atoms. The molecule has 0 aromatic carbocycles. The lowest BCUT2D eigenvalue weighted by molar-refractivity contribution is -0.119. The van der Waals surface area contributed by atoms with Crippen molar-refractivity contribution in [2.24, 2.45) is 16.8 Å². The van der Waals surface area contributed by atoms with Gasteiger partial charge in [-0.3, -0.25) is 9.79 Å². The van der Waals surface area contributed by atoms with Crippen LogP contribution >= 0.6 is 0 Å². The SMILES string of the molecule is CCC1=CC2CC(C(=O)C(C)CCC(CC)OC)=C(C)C=C2N=C1C. The molecular formula is C22H33NO2. The van der Waals surface area contributed by atoms with Crippen molar-refractivity contribution >= 4 is 11.5 Å². The zero-order valence-electron chi connectivity index (χ0n) is 16.7. The number of hydrogen-bond acceptors (Lipinski definition) is 3. The van der Waals surface area contributed by atoms with Gasteiger partial charge in [-0.15, -0.1) is 0 Å². The van der Waals surface area contributed by atoms with Gasteiger partial charge >= 0.3 is 0 Å². The summed E-state index contributed by atoms with van der Waals surface area (Å²) >= 11 is 0. The van der Waals surface area contributed by atoms with E-state index in [9.17, 15) is 4.79 Å². The highest BCUT2D eigenvalue weighted by Gasteiger charge is 2.29. The Balaban J connectivity index is 2.12. The summed E-state index contributed by atoms with van der Waals surface area (Å²) in [4.78, 5) is 17.8. The summed E-state index contributed by atoms with van der Waals surface area (Å²) in [7, 11) is 1.75. The van der Waals surface area contributed by atoms with E-state index >= 15 is 0 Å². The van der Waals surface area contributed by atoms with Gasteiger partial charge in [0.15, 0.2) is 5.78 Å². The first-order valence-corrected chi connectivity index (χ1v) is 9.65. The van der Waals surface area contributed by atoms with Crippen molar-refractivity contribution in [1.82, 2.24) is 0 Å². The number of carbonyl (C=O) groups excluding carboxylic acids is 1. The van der Waals surface area contributed by atoms with Gasteiger partial charge in [-0.1, -0.05) is 26.8 Å². The van der Waals surface area contributed by atoms with Crippen LogP contribution < -0.4 is 0 Å². The highest BCUT2D eigenvalue weighted by molar-refractivity contribution is 6.01. The zero-order chi connectivity index (χ0) is 18.6. The number of hydrogen-bond donors (Lipinski definition) is 0. The summed E-state index contributed by atoms with van der Waals surface area (Å²) in [6.45, 7) is 10.5. The van der Waals surface area contributed by atoms with Gasteiger partial charge in [0.2, 0.25) is 0 Å². The second-order valence-electron chi connectivity index (χ2n) is 7.39. The number of carbonyl (C=O) groups is 1. The fourth-order valence-corrected chi connectivity index (χ4v) is 3.81. The van der Waals surface area contributed by atoms with Gasteiger partial charge in [0.05, 0.1) is 6.10 Å². The standard InChI is InChI=1S/C22H33NO2/c1-7-17-12-18-13-20(15(4)11-21(18)23-16(17)5)22(24)14(3)9-10-19(8-2)25-6/h11-12,14,18-19H,7-10,13H2,1-6H3. The number of fused-ring (bicyclic) bond motifs is 1. The van der Waals surface area contributed by atoms with Gasteiger partial charge in [0.1, 0.15) is 0 Å². The van der Waals surface area contributed by atoms with Gasteiger partial charge < -0.3 is 4.74 Å². The maximum Gasteiger partial charge on any atom is 0.161 e. The van der Waals surface area contributed by atoms with Gasteiger partial charge in [-0.2, -0.15) is 0 Å². The Morgan fingerprint density at radius 3 is 2.64 bits per heavy atom. The van der Waals surface area contributed by atoms with Crippen LogP contribution in [-0.2, 0) is 9.53 Å². The van der Waals surface area contributed by atoms with E-state index in [1.165, 1.54) is 5.57 Å². The molecule has 0 fully saturated rings. The highest BCUT2D eigenvalue weighted by Crippen LogP contribution is 2.36. The molecule has 0 bridgehead atoms. The molecule has 3 unspecified atom stereocenters. The first kappa shape index (κ1) is 19.8. The number of nitrogens with zero attached hydrogens (tertiary/aromatic N) is 1. The molecule has 1 aliphatic heterocycles. The molecule has 3 nitrogen and oxygen atoms in total. The molecule has 3 atom stereocenters. The smallest absolute Gasteiger partial charge is 0.161 e. The molecule has 0 saturated heterocycles. The number of methoxy groups -OCH3 is 1. The summed E-state index contributed by atoms with van der Waals surface area (Å²) in [6, 6.07) is 0. The highest BCUT2D eigenvalue weighted by atomic mass is 16.5. The lowest BCUT2D eigenvalue weighted by atomic mass is 9.79. The Bertz CT molecular complexity index is 632. The van der Waals surface area contributed by atoms with Crippen LogP contribution in [0, 0.1) is 11.8 Å². The van der Waals surface area contributed by atoms with Crippen molar-refractivity contribution in [2.75, 3.05) is 7.11 Å². The van der Waals surface area contributed by atoms with Crippen molar-refractivity contribution in [2.45, 2.75) is 72.8 Å². The first-order valence-electron chi connectivity index (χ1n) is 9.65. The fraction of sp³-hybridized carbons (Fsp3) is 0.636. The molecule has 0 N–H and O–H groups in total. The van der Waals surface area contributed by atoms with Crippen LogP contribution in [0.25, 0.3) is 0 Å². The van der Waals surface area contributed by atoms with Crippen LogP contribution in [0.1, 0.15) is 66.7 Å². The number of ketones is 1. The van der Waals surface area contributed by atoms with E-state index in [0.29, 0.717) is 5.78 Å². The Morgan fingerprint density at radius 2 is 2.04 bits per heavy atom. The van der Waals surface area contributed by atoms with Crippen molar-refractivity contribution in [3.8, 4) is 0 Å².